The minimum Gasteiger partial charge on any atom is -0.390 e. The first-order valence-corrected chi connectivity index (χ1v) is 11.4. The number of rotatable bonds is 5. The number of methoxy groups -OCH3 is 1. The van der Waals surface area contributed by atoms with Crippen LogP contribution in [0.1, 0.15) is 46.8 Å². The Morgan fingerprint density at radius 2 is 2.06 bits per heavy atom. The molecule has 1 heterocycles. The third kappa shape index (κ3) is 4.84. The fourth-order valence-electron chi connectivity index (χ4n) is 4.43. The highest BCUT2D eigenvalue weighted by Gasteiger charge is 2.33. The van der Waals surface area contributed by atoms with Gasteiger partial charge in [0, 0.05) is 37.0 Å². The number of carbonyl (C=O) groups excluding carboxylic acids is 1. The molecule has 6 nitrogen and oxygen atoms in total. The first-order valence-electron chi connectivity index (χ1n) is 10.6. The van der Waals surface area contributed by atoms with Gasteiger partial charge in [-0.25, -0.2) is 4.99 Å². The maximum atomic E-state index is 12.7. The lowest BCUT2D eigenvalue weighted by molar-refractivity contribution is 0.0858. The predicted octanol–water partition coefficient (Wildman–Crippen LogP) is 4.00. The van der Waals surface area contributed by atoms with Gasteiger partial charge in [0.25, 0.3) is 5.91 Å². The van der Waals surface area contributed by atoms with E-state index in [9.17, 15) is 9.90 Å². The number of aliphatic imine (C=N–C) groups is 1. The van der Waals surface area contributed by atoms with Gasteiger partial charge in [-0.2, -0.15) is 0 Å². The van der Waals surface area contributed by atoms with Crippen LogP contribution in [0.2, 0.25) is 0 Å². The maximum Gasteiger partial charge on any atom is 0.251 e. The van der Waals surface area contributed by atoms with Crippen molar-refractivity contribution in [3.8, 4) is 0 Å². The van der Waals surface area contributed by atoms with Crippen LogP contribution in [0.15, 0.2) is 51.9 Å². The molecule has 1 fully saturated rings. The summed E-state index contributed by atoms with van der Waals surface area (Å²) in [5.41, 5.74) is 3.39. The number of aliphatic hydroxyl groups excluding tert-OH is 1. The fraction of sp³-hybridized carbons (Fsp3) is 0.417. The van der Waals surface area contributed by atoms with E-state index >= 15 is 0 Å². The second-order valence-electron chi connectivity index (χ2n) is 8.25. The molecule has 0 bridgehead atoms. The smallest absolute Gasteiger partial charge is 0.251 e. The molecule has 1 aliphatic carbocycles. The van der Waals surface area contributed by atoms with Crippen molar-refractivity contribution in [1.29, 1.82) is 0 Å². The molecule has 0 saturated carbocycles. The van der Waals surface area contributed by atoms with Crippen molar-refractivity contribution in [1.82, 2.24) is 10.2 Å². The van der Waals surface area contributed by atoms with Crippen molar-refractivity contribution in [2.24, 2.45) is 4.99 Å². The van der Waals surface area contributed by atoms with E-state index in [1.165, 1.54) is 0 Å². The van der Waals surface area contributed by atoms with Gasteiger partial charge < -0.3 is 20.1 Å². The highest BCUT2D eigenvalue weighted by molar-refractivity contribution is 9.10. The summed E-state index contributed by atoms with van der Waals surface area (Å²) in [6.45, 7) is 0.691. The van der Waals surface area contributed by atoms with E-state index in [0.717, 1.165) is 46.4 Å². The van der Waals surface area contributed by atoms with E-state index in [1.807, 2.05) is 30.3 Å². The van der Waals surface area contributed by atoms with Crippen LogP contribution < -0.4 is 5.32 Å². The number of amides is 1. The summed E-state index contributed by atoms with van der Waals surface area (Å²) >= 11 is 3.38. The molecule has 0 radical (unpaired) electrons. The molecule has 2 aromatic carbocycles. The Morgan fingerprint density at radius 3 is 2.81 bits per heavy atom. The van der Waals surface area contributed by atoms with E-state index in [-0.39, 0.29) is 5.91 Å². The molecule has 2 aliphatic rings. The molecule has 2 aromatic rings. The number of piperidine rings is 1. The zero-order valence-electron chi connectivity index (χ0n) is 17.8. The lowest BCUT2D eigenvalue weighted by atomic mass is 10.0. The van der Waals surface area contributed by atoms with Crippen LogP contribution in [-0.2, 0) is 11.2 Å². The lowest BCUT2D eigenvalue weighted by Crippen LogP contribution is -2.43. The molecule has 0 aromatic heterocycles. The molecular weight excluding hydrogens is 458 g/mol. The summed E-state index contributed by atoms with van der Waals surface area (Å²) in [4.78, 5) is 19.8. The predicted molar refractivity (Wildman–Crippen MR) is 125 cm³/mol. The molecule has 1 saturated heterocycles. The van der Waals surface area contributed by atoms with E-state index in [4.69, 9.17) is 9.73 Å². The summed E-state index contributed by atoms with van der Waals surface area (Å²) in [5, 5.41) is 13.6. The average Bonchev–Trinajstić information content (AvgIpc) is 3.06. The lowest BCUT2D eigenvalue weighted by Gasteiger charge is -2.34. The quantitative estimate of drug-likeness (QED) is 0.670. The standard InChI is InChI=1S/C24H28BrN3O3/c1-28-19(14-31-2)4-3-5-22(28)26-18-11-8-16-12-21(29)23(20(16)13-18)27-24(30)15-6-9-17(25)10-7-15/h6-11,13,19,21,23,29H,3-5,12,14H2,1-2H3,(H,27,30). The van der Waals surface area contributed by atoms with Gasteiger partial charge in [-0.05, 0) is 60.4 Å². The molecule has 1 amide bonds. The summed E-state index contributed by atoms with van der Waals surface area (Å²) < 4.78 is 6.27. The summed E-state index contributed by atoms with van der Waals surface area (Å²) in [6, 6.07) is 13.1. The molecule has 2 N–H and O–H groups in total. The first-order chi connectivity index (χ1) is 15.0. The average molecular weight is 486 g/mol. The summed E-state index contributed by atoms with van der Waals surface area (Å²) in [6.07, 6.45) is 2.99. The Labute approximate surface area is 191 Å². The molecule has 3 atom stereocenters. The number of hydrogen-bond acceptors (Lipinski definition) is 4. The second kappa shape index (κ2) is 9.51. The van der Waals surface area contributed by atoms with Crippen LogP contribution >= 0.6 is 15.9 Å². The summed E-state index contributed by atoms with van der Waals surface area (Å²) in [5.74, 6) is 0.845. The molecule has 0 spiro atoms. The van der Waals surface area contributed by atoms with Gasteiger partial charge in [0.2, 0.25) is 0 Å². The number of likely N-dealkylation sites (tertiary alicyclic amines) is 1. The van der Waals surface area contributed by atoms with Crippen molar-refractivity contribution >= 4 is 33.4 Å². The first kappa shape index (κ1) is 22.0. The van der Waals surface area contributed by atoms with Gasteiger partial charge in [-0.1, -0.05) is 22.0 Å². The number of aliphatic hydroxyl groups is 1. The van der Waals surface area contributed by atoms with E-state index in [0.29, 0.717) is 24.6 Å². The number of likely N-dealkylation sites (N-methyl/N-ethyl adjacent to an activating group) is 1. The van der Waals surface area contributed by atoms with Crippen LogP contribution in [0.5, 0.6) is 0 Å². The van der Waals surface area contributed by atoms with Crippen LogP contribution in [0.25, 0.3) is 0 Å². The number of benzene rings is 2. The Balaban J connectivity index is 1.55. The maximum absolute atomic E-state index is 12.7. The van der Waals surface area contributed by atoms with Crippen LogP contribution in [-0.4, -0.2) is 54.7 Å². The van der Waals surface area contributed by atoms with Crippen molar-refractivity contribution in [3.05, 3.63) is 63.6 Å². The number of hydrogen-bond donors (Lipinski definition) is 2. The van der Waals surface area contributed by atoms with Crippen LogP contribution in [0, 0.1) is 0 Å². The third-order valence-corrected chi connectivity index (χ3v) is 6.71. The number of amidine groups is 1. The fourth-order valence-corrected chi connectivity index (χ4v) is 4.69. The molecular formula is C24H28BrN3O3. The normalized spacial score (nSPS) is 24.3. The number of nitrogens with zero attached hydrogens (tertiary/aromatic N) is 2. The molecule has 1 aliphatic heterocycles. The zero-order chi connectivity index (χ0) is 22.0. The molecule has 4 rings (SSSR count). The Kier molecular flexibility index (Phi) is 6.74. The van der Waals surface area contributed by atoms with Gasteiger partial charge >= 0.3 is 0 Å². The van der Waals surface area contributed by atoms with Gasteiger partial charge in [0.1, 0.15) is 5.84 Å². The number of carbonyl (C=O) groups is 1. The highest BCUT2D eigenvalue weighted by atomic mass is 79.9. The number of ether oxygens (including phenoxy) is 1. The minimum absolute atomic E-state index is 0.199. The van der Waals surface area contributed by atoms with E-state index < -0.39 is 12.1 Å². The second-order valence-corrected chi connectivity index (χ2v) is 9.17. The van der Waals surface area contributed by atoms with Gasteiger partial charge in [-0.15, -0.1) is 0 Å². The van der Waals surface area contributed by atoms with E-state index in [1.54, 1.807) is 19.2 Å². The zero-order valence-corrected chi connectivity index (χ0v) is 19.4. The number of fused-ring (bicyclic) bond motifs is 1. The molecule has 7 heteroatoms. The minimum atomic E-state index is -0.652. The Hall–Kier alpha value is -2.22. The largest absolute Gasteiger partial charge is 0.390 e. The monoisotopic (exact) mass is 485 g/mol. The highest BCUT2D eigenvalue weighted by Crippen LogP contribution is 2.35. The van der Waals surface area contributed by atoms with Crippen molar-refractivity contribution in [2.75, 3.05) is 20.8 Å². The Morgan fingerprint density at radius 1 is 1.29 bits per heavy atom. The van der Waals surface area contributed by atoms with Gasteiger partial charge in [-0.3, -0.25) is 4.79 Å². The molecule has 164 valence electrons. The van der Waals surface area contributed by atoms with Crippen LogP contribution in [0.4, 0.5) is 5.69 Å². The third-order valence-electron chi connectivity index (χ3n) is 6.18. The van der Waals surface area contributed by atoms with Crippen LogP contribution in [0.3, 0.4) is 0 Å². The molecule has 3 unspecified atom stereocenters. The topological polar surface area (TPSA) is 74.2 Å². The number of halogens is 1. The Bertz CT molecular complexity index is 975. The van der Waals surface area contributed by atoms with E-state index in [2.05, 4.69) is 33.2 Å². The van der Waals surface area contributed by atoms with Crippen molar-refractivity contribution in [2.45, 2.75) is 43.9 Å². The number of nitrogens with one attached hydrogen (secondary N) is 1. The van der Waals surface area contributed by atoms with Gasteiger partial charge in [0.15, 0.2) is 0 Å². The van der Waals surface area contributed by atoms with Crippen molar-refractivity contribution < 1.29 is 14.6 Å². The molecule has 31 heavy (non-hydrogen) atoms. The summed E-state index contributed by atoms with van der Waals surface area (Å²) in [7, 11) is 3.80. The SMILES string of the molecule is COCC1CCCC(=Nc2ccc3c(c2)C(NC(=O)c2ccc(Br)cc2)C(O)C3)N1C. The van der Waals surface area contributed by atoms with Gasteiger partial charge in [0.05, 0.1) is 30.5 Å². The van der Waals surface area contributed by atoms with Crippen molar-refractivity contribution in [3.63, 3.8) is 0 Å².